The number of nitrogens with one attached hydrogen (secondary N) is 1. The summed E-state index contributed by atoms with van der Waals surface area (Å²) in [6.45, 7) is 1.66. The maximum absolute atomic E-state index is 10.7. The highest BCUT2D eigenvalue weighted by Crippen LogP contribution is 2.10. The summed E-state index contributed by atoms with van der Waals surface area (Å²) in [5, 5.41) is 16.1. The molecule has 0 aliphatic rings. The lowest BCUT2D eigenvalue weighted by atomic mass is 10.3. The van der Waals surface area contributed by atoms with Crippen molar-refractivity contribution in [3.8, 4) is 5.69 Å². The molecule has 0 saturated heterocycles. The highest BCUT2D eigenvalue weighted by Gasteiger charge is 2.15. The molecule has 0 saturated carbocycles. The fraction of sp³-hybridized carbons (Fsp3) is 0.125. The fourth-order valence-corrected chi connectivity index (χ4v) is 1.22. The van der Waals surface area contributed by atoms with E-state index in [1.807, 2.05) is 0 Å². The fourth-order valence-electron chi connectivity index (χ4n) is 1.22. The number of rotatable bonds is 2. The minimum absolute atomic E-state index is 0.0220. The normalized spacial score (nSPS) is 10.4. The second kappa shape index (κ2) is 2.99. The Kier molecular flexibility index (Phi) is 1.81. The van der Waals surface area contributed by atoms with Crippen LogP contribution < -0.4 is 0 Å². The summed E-state index contributed by atoms with van der Waals surface area (Å²) in [7, 11) is 0. The molecule has 0 spiro atoms. The van der Waals surface area contributed by atoms with Crippen LogP contribution in [0.4, 0.5) is 0 Å². The van der Waals surface area contributed by atoms with Gasteiger partial charge < -0.3 is 10.1 Å². The van der Waals surface area contributed by atoms with Gasteiger partial charge in [0.15, 0.2) is 5.69 Å². The molecule has 2 aromatic rings. The van der Waals surface area contributed by atoms with Gasteiger partial charge in [0, 0.05) is 12.4 Å². The standard InChI is InChI=1S/C8H8N4O2/c1-5-7(8(13)14)10-11-12(5)6-2-3-9-4-6/h2-4,9H,1H3,(H,13,14). The Morgan fingerprint density at radius 1 is 1.64 bits per heavy atom. The quantitative estimate of drug-likeness (QED) is 0.729. The number of aromatic amines is 1. The van der Waals surface area contributed by atoms with Crippen LogP contribution in [0.2, 0.25) is 0 Å². The van der Waals surface area contributed by atoms with Crippen LogP contribution in [0.1, 0.15) is 16.2 Å². The molecule has 0 radical (unpaired) electrons. The molecule has 0 amide bonds. The minimum Gasteiger partial charge on any atom is -0.476 e. The molecule has 2 aromatic heterocycles. The van der Waals surface area contributed by atoms with Crippen LogP contribution in [0.15, 0.2) is 18.5 Å². The summed E-state index contributed by atoms with van der Waals surface area (Å²) in [6.07, 6.45) is 3.45. The van der Waals surface area contributed by atoms with E-state index in [0.717, 1.165) is 5.69 Å². The van der Waals surface area contributed by atoms with Gasteiger partial charge >= 0.3 is 5.97 Å². The average Bonchev–Trinajstić information content (AvgIpc) is 2.71. The first-order valence-electron chi connectivity index (χ1n) is 3.99. The first kappa shape index (κ1) is 8.49. The Morgan fingerprint density at radius 2 is 2.43 bits per heavy atom. The van der Waals surface area contributed by atoms with Crippen LogP contribution >= 0.6 is 0 Å². The van der Waals surface area contributed by atoms with Crippen LogP contribution in [-0.2, 0) is 0 Å². The van der Waals surface area contributed by atoms with Crippen molar-refractivity contribution in [2.75, 3.05) is 0 Å². The van der Waals surface area contributed by atoms with Crippen molar-refractivity contribution in [3.05, 3.63) is 29.8 Å². The third kappa shape index (κ3) is 1.17. The van der Waals surface area contributed by atoms with E-state index < -0.39 is 5.97 Å². The van der Waals surface area contributed by atoms with Gasteiger partial charge in [-0.1, -0.05) is 5.21 Å². The van der Waals surface area contributed by atoms with Crippen LogP contribution in [0.25, 0.3) is 5.69 Å². The molecule has 0 aromatic carbocycles. The number of hydrogen-bond acceptors (Lipinski definition) is 3. The molecule has 6 heteroatoms. The summed E-state index contributed by atoms with van der Waals surface area (Å²) >= 11 is 0. The van der Waals surface area contributed by atoms with E-state index in [1.54, 1.807) is 25.4 Å². The van der Waals surface area contributed by atoms with Crippen molar-refractivity contribution < 1.29 is 9.90 Å². The Bertz CT molecular complexity index is 458. The van der Waals surface area contributed by atoms with Crippen LogP contribution in [-0.4, -0.2) is 31.1 Å². The highest BCUT2D eigenvalue weighted by molar-refractivity contribution is 5.86. The Balaban J connectivity index is 2.52. The van der Waals surface area contributed by atoms with Crippen molar-refractivity contribution in [3.63, 3.8) is 0 Å². The molecule has 2 rings (SSSR count). The van der Waals surface area contributed by atoms with Gasteiger partial charge in [0.05, 0.1) is 11.4 Å². The van der Waals surface area contributed by atoms with Gasteiger partial charge in [-0.3, -0.25) is 0 Å². The van der Waals surface area contributed by atoms with E-state index >= 15 is 0 Å². The smallest absolute Gasteiger partial charge is 0.358 e. The molecule has 6 nitrogen and oxygen atoms in total. The zero-order valence-corrected chi connectivity index (χ0v) is 7.43. The summed E-state index contributed by atoms with van der Waals surface area (Å²) in [5.41, 5.74) is 1.26. The first-order chi connectivity index (χ1) is 6.70. The number of aromatic nitrogens is 4. The third-order valence-electron chi connectivity index (χ3n) is 1.92. The zero-order valence-electron chi connectivity index (χ0n) is 7.43. The van der Waals surface area contributed by atoms with Gasteiger partial charge in [-0.05, 0) is 13.0 Å². The molecule has 2 heterocycles. The second-order valence-electron chi connectivity index (χ2n) is 2.81. The summed E-state index contributed by atoms with van der Waals surface area (Å²) in [4.78, 5) is 13.5. The predicted octanol–water partition coefficient (Wildman–Crippen LogP) is 0.602. The molecule has 0 atom stereocenters. The number of H-pyrrole nitrogens is 1. The molecule has 0 aliphatic carbocycles. The topological polar surface area (TPSA) is 83.8 Å². The minimum atomic E-state index is -1.07. The zero-order chi connectivity index (χ0) is 10.1. The highest BCUT2D eigenvalue weighted by atomic mass is 16.4. The maximum atomic E-state index is 10.7. The number of carboxylic acid groups (broad SMARTS) is 1. The lowest BCUT2D eigenvalue weighted by molar-refractivity contribution is 0.0689. The van der Waals surface area contributed by atoms with E-state index in [0.29, 0.717) is 5.69 Å². The lowest BCUT2D eigenvalue weighted by Gasteiger charge is -1.97. The molecule has 14 heavy (non-hydrogen) atoms. The number of carbonyl (C=O) groups is 1. The van der Waals surface area contributed by atoms with Crippen LogP contribution in [0.5, 0.6) is 0 Å². The second-order valence-corrected chi connectivity index (χ2v) is 2.81. The molecular weight excluding hydrogens is 184 g/mol. The van der Waals surface area contributed by atoms with Crippen LogP contribution in [0, 0.1) is 6.92 Å². The van der Waals surface area contributed by atoms with Crippen molar-refractivity contribution in [2.45, 2.75) is 6.92 Å². The van der Waals surface area contributed by atoms with Gasteiger partial charge in [-0.2, -0.15) is 0 Å². The van der Waals surface area contributed by atoms with Crippen molar-refractivity contribution in [1.29, 1.82) is 0 Å². The van der Waals surface area contributed by atoms with E-state index in [1.165, 1.54) is 4.68 Å². The molecule has 0 unspecified atom stereocenters. The summed E-state index contributed by atoms with van der Waals surface area (Å²) in [6, 6.07) is 1.79. The van der Waals surface area contributed by atoms with Crippen molar-refractivity contribution >= 4 is 5.97 Å². The van der Waals surface area contributed by atoms with E-state index in [2.05, 4.69) is 15.3 Å². The van der Waals surface area contributed by atoms with Gasteiger partial charge in [0.25, 0.3) is 0 Å². The molecule has 0 aliphatic heterocycles. The molecular formula is C8H8N4O2. The van der Waals surface area contributed by atoms with E-state index in [4.69, 9.17) is 5.11 Å². The van der Waals surface area contributed by atoms with E-state index in [9.17, 15) is 4.79 Å². The monoisotopic (exact) mass is 192 g/mol. The van der Waals surface area contributed by atoms with Gasteiger partial charge in [0.1, 0.15) is 0 Å². The lowest BCUT2D eigenvalue weighted by Crippen LogP contribution is -2.01. The van der Waals surface area contributed by atoms with Gasteiger partial charge in [-0.15, -0.1) is 5.10 Å². The Morgan fingerprint density at radius 3 is 2.93 bits per heavy atom. The summed E-state index contributed by atoms with van der Waals surface area (Å²) < 4.78 is 1.47. The Labute approximate surface area is 79.2 Å². The number of carboxylic acids is 1. The third-order valence-corrected chi connectivity index (χ3v) is 1.92. The molecule has 0 fully saturated rings. The number of hydrogen-bond donors (Lipinski definition) is 2. The van der Waals surface area contributed by atoms with Gasteiger partial charge in [-0.25, -0.2) is 9.48 Å². The first-order valence-corrected chi connectivity index (χ1v) is 3.99. The maximum Gasteiger partial charge on any atom is 0.358 e. The average molecular weight is 192 g/mol. The predicted molar refractivity (Wildman–Crippen MR) is 47.4 cm³/mol. The SMILES string of the molecule is Cc1c(C(=O)O)nnn1-c1cc[nH]c1. The van der Waals surface area contributed by atoms with E-state index in [-0.39, 0.29) is 5.69 Å². The van der Waals surface area contributed by atoms with Gasteiger partial charge in [0.2, 0.25) is 0 Å². The van der Waals surface area contributed by atoms with Crippen LogP contribution in [0.3, 0.4) is 0 Å². The largest absolute Gasteiger partial charge is 0.476 e. The van der Waals surface area contributed by atoms with Crippen molar-refractivity contribution in [1.82, 2.24) is 20.0 Å². The number of nitrogens with zero attached hydrogens (tertiary/aromatic N) is 3. The summed E-state index contributed by atoms with van der Waals surface area (Å²) in [5.74, 6) is -1.07. The Hall–Kier alpha value is -2.11. The molecule has 2 N–H and O–H groups in total. The molecule has 0 bridgehead atoms. The van der Waals surface area contributed by atoms with Crippen molar-refractivity contribution in [2.24, 2.45) is 0 Å². The number of aromatic carboxylic acids is 1. The molecule has 72 valence electrons.